The zero-order valence-electron chi connectivity index (χ0n) is 16.8. The molecule has 0 bridgehead atoms. The minimum Gasteiger partial charge on any atom is -0.327 e. The fourth-order valence-corrected chi connectivity index (χ4v) is 2.95. The second-order valence-electron chi connectivity index (χ2n) is 6.73. The summed E-state index contributed by atoms with van der Waals surface area (Å²) in [4.78, 5) is 41.5. The third kappa shape index (κ3) is 5.35. The number of carbonyl (C=O) groups is 1. The van der Waals surface area contributed by atoms with Crippen molar-refractivity contribution in [2.75, 3.05) is 18.5 Å². The van der Waals surface area contributed by atoms with Crippen molar-refractivity contribution in [2.24, 2.45) is 0 Å². The van der Waals surface area contributed by atoms with Crippen molar-refractivity contribution < 1.29 is 4.79 Å². The summed E-state index contributed by atoms with van der Waals surface area (Å²) < 4.78 is 1.40. The fraction of sp³-hybridized carbons (Fsp3) is 0.174. The van der Waals surface area contributed by atoms with Crippen molar-refractivity contribution in [3.8, 4) is 0 Å². The highest BCUT2D eigenvalue weighted by molar-refractivity contribution is 5.99. The van der Waals surface area contributed by atoms with Crippen molar-refractivity contribution >= 4 is 17.4 Å². The summed E-state index contributed by atoms with van der Waals surface area (Å²) in [6.45, 7) is 0.874. The summed E-state index contributed by atoms with van der Waals surface area (Å²) in [6, 6.07) is 20.2. The second kappa shape index (κ2) is 10.1. The highest BCUT2D eigenvalue weighted by atomic mass is 16.2. The van der Waals surface area contributed by atoms with Gasteiger partial charge >= 0.3 is 11.7 Å². The van der Waals surface area contributed by atoms with E-state index in [9.17, 15) is 14.4 Å². The van der Waals surface area contributed by atoms with Crippen LogP contribution in [0.4, 0.5) is 16.2 Å². The van der Waals surface area contributed by atoms with Gasteiger partial charge in [-0.1, -0.05) is 48.6 Å². The highest BCUT2D eigenvalue weighted by Crippen LogP contribution is 2.26. The minimum absolute atomic E-state index is 0.127. The van der Waals surface area contributed by atoms with Crippen LogP contribution in [0.5, 0.6) is 0 Å². The van der Waals surface area contributed by atoms with Crippen LogP contribution in [-0.4, -0.2) is 34.1 Å². The van der Waals surface area contributed by atoms with Crippen LogP contribution in [-0.2, 0) is 6.54 Å². The largest absolute Gasteiger partial charge is 0.328 e. The number of amides is 2. The first-order valence-corrected chi connectivity index (χ1v) is 9.66. The number of urea groups is 1. The molecule has 1 heterocycles. The van der Waals surface area contributed by atoms with Gasteiger partial charge in [0.15, 0.2) is 0 Å². The van der Waals surface area contributed by atoms with Crippen molar-refractivity contribution in [3.05, 3.63) is 106 Å². The zero-order chi connectivity index (χ0) is 21.3. The van der Waals surface area contributed by atoms with Crippen LogP contribution >= 0.6 is 0 Å². The number of hydrogen-bond acceptors (Lipinski definition) is 3. The van der Waals surface area contributed by atoms with Gasteiger partial charge in [-0.2, -0.15) is 0 Å². The normalized spacial score (nSPS) is 10.8. The number of anilines is 2. The van der Waals surface area contributed by atoms with E-state index in [1.165, 1.54) is 16.8 Å². The predicted octanol–water partition coefficient (Wildman–Crippen LogP) is 3.37. The molecule has 2 aromatic carbocycles. The summed E-state index contributed by atoms with van der Waals surface area (Å²) in [7, 11) is 1.77. The van der Waals surface area contributed by atoms with Gasteiger partial charge in [0.2, 0.25) is 0 Å². The average Bonchev–Trinajstić information content (AvgIpc) is 2.76. The zero-order valence-corrected chi connectivity index (χ0v) is 16.8. The van der Waals surface area contributed by atoms with Crippen molar-refractivity contribution in [3.63, 3.8) is 0 Å². The Balaban J connectivity index is 1.63. The van der Waals surface area contributed by atoms with Crippen LogP contribution in [0.1, 0.15) is 6.42 Å². The third-order valence-electron chi connectivity index (χ3n) is 4.54. The third-order valence-corrected chi connectivity index (χ3v) is 4.54. The summed E-state index contributed by atoms with van der Waals surface area (Å²) in [5.41, 5.74) is 0.740. The molecule has 1 aromatic heterocycles. The van der Waals surface area contributed by atoms with Crippen LogP contribution < -0.4 is 16.1 Å². The molecule has 7 heteroatoms. The molecule has 1 N–H and O–H groups in total. The summed E-state index contributed by atoms with van der Waals surface area (Å²) in [5.74, 6) is 0. The van der Waals surface area contributed by atoms with Crippen molar-refractivity contribution in [1.82, 2.24) is 14.5 Å². The molecule has 154 valence electrons. The van der Waals surface area contributed by atoms with Gasteiger partial charge in [-0.05, 0) is 30.7 Å². The van der Waals surface area contributed by atoms with E-state index in [-0.39, 0.29) is 6.03 Å². The number of nitrogens with one attached hydrogen (secondary N) is 1. The van der Waals surface area contributed by atoms with Gasteiger partial charge in [-0.3, -0.25) is 19.2 Å². The number of carbonyl (C=O) groups excluding carboxylic acids is 1. The van der Waals surface area contributed by atoms with Gasteiger partial charge in [0, 0.05) is 32.4 Å². The summed E-state index contributed by atoms with van der Waals surface area (Å²) in [5, 5.41) is 0. The molecule has 0 aliphatic rings. The first-order valence-electron chi connectivity index (χ1n) is 9.66. The molecular formula is C23H24N4O3. The molecule has 3 aromatic rings. The maximum absolute atomic E-state index is 13.2. The molecule has 2 amide bonds. The standard InChI is InChI=1S/C23H24N4O3/c1-25(16-9-4-10-17-26-18-15-21(28)24-22(26)29)23(30)27(19-11-5-2-6-12-19)20-13-7-3-8-14-20/h2-8,10-15,18H,9,16-17H2,1H3,(H,24,28,29)/b10-4+. The van der Waals surface area contributed by atoms with E-state index >= 15 is 0 Å². The van der Waals surface area contributed by atoms with Crippen LogP contribution in [0.15, 0.2) is 94.7 Å². The number of aromatic amines is 1. The van der Waals surface area contributed by atoms with Crippen LogP contribution in [0.25, 0.3) is 0 Å². The van der Waals surface area contributed by atoms with E-state index in [0.717, 1.165) is 11.4 Å². The van der Waals surface area contributed by atoms with Crippen molar-refractivity contribution in [1.29, 1.82) is 0 Å². The van der Waals surface area contributed by atoms with Gasteiger partial charge in [-0.25, -0.2) is 9.59 Å². The molecule has 0 spiro atoms. The quantitative estimate of drug-likeness (QED) is 0.613. The predicted molar refractivity (Wildman–Crippen MR) is 118 cm³/mol. The Labute approximate surface area is 174 Å². The number of allylic oxidation sites excluding steroid dienone is 1. The highest BCUT2D eigenvalue weighted by Gasteiger charge is 2.20. The molecular weight excluding hydrogens is 380 g/mol. The molecule has 0 fully saturated rings. The lowest BCUT2D eigenvalue weighted by Crippen LogP contribution is -2.38. The second-order valence-corrected chi connectivity index (χ2v) is 6.73. The number of rotatable bonds is 7. The smallest absolute Gasteiger partial charge is 0.327 e. The SMILES string of the molecule is CN(CC/C=C/Cn1ccc(=O)[nH]c1=O)C(=O)N(c1ccccc1)c1ccccc1. The maximum atomic E-state index is 13.2. The van der Waals surface area contributed by atoms with E-state index in [1.54, 1.807) is 16.8 Å². The lowest BCUT2D eigenvalue weighted by molar-refractivity contribution is 0.219. The monoisotopic (exact) mass is 404 g/mol. The molecule has 0 radical (unpaired) electrons. The lowest BCUT2D eigenvalue weighted by Gasteiger charge is -2.28. The molecule has 30 heavy (non-hydrogen) atoms. The summed E-state index contributed by atoms with van der Waals surface area (Å²) >= 11 is 0. The Morgan fingerprint density at radius 2 is 1.53 bits per heavy atom. The number of benzene rings is 2. The van der Waals surface area contributed by atoms with E-state index < -0.39 is 11.2 Å². The molecule has 0 unspecified atom stereocenters. The first-order chi connectivity index (χ1) is 14.6. The van der Waals surface area contributed by atoms with Crippen molar-refractivity contribution in [2.45, 2.75) is 13.0 Å². The number of hydrogen-bond donors (Lipinski definition) is 1. The number of aromatic nitrogens is 2. The van der Waals surface area contributed by atoms with Gasteiger partial charge in [-0.15, -0.1) is 0 Å². The van der Waals surface area contributed by atoms with Crippen LogP contribution in [0.3, 0.4) is 0 Å². The average molecular weight is 404 g/mol. The number of nitrogens with zero attached hydrogens (tertiary/aromatic N) is 3. The molecule has 7 nitrogen and oxygen atoms in total. The molecule has 3 rings (SSSR count). The Hall–Kier alpha value is -3.87. The molecule has 0 aliphatic carbocycles. The Morgan fingerprint density at radius 1 is 0.933 bits per heavy atom. The van der Waals surface area contributed by atoms with E-state index in [2.05, 4.69) is 4.98 Å². The Bertz CT molecular complexity index is 1060. The number of H-pyrrole nitrogens is 1. The Morgan fingerprint density at radius 3 is 2.10 bits per heavy atom. The first kappa shape index (κ1) is 20.9. The topological polar surface area (TPSA) is 78.4 Å². The maximum Gasteiger partial charge on any atom is 0.328 e. The van der Waals surface area contributed by atoms with Gasteiger partial charge < -0.3 is 4.90 Å². The fourth-order valence-electron chi connectivity index (χ4n) is 2.95. The van der Waals surface area contributed by atoms with Crippen LogP contribution in [0.2, 0.25) is 0 Å². The molecule has 0 saturated carbocycles. The van der Waals surface area contributed by atoms with Crippen LogP contribution in [0, 0.1) is 0 Å². The molecule has 0 aliphatic heterocycles. The molecule has 0 atom stereocenters. The van der Waals surface area contributed by atoms with Gasteiger partial charge in [0.1, 0.15) is 0 Å². The lowest BCUT2D eigenvalue weighted by atomic mass is 10.2. The Kier molecular flexibility index (Phi) is 7.00. The van der Waals surface area contributed by atoms with Gasteiger partial charge in [0.25, 0.3) is 5.56 Å². The van der Waals surface area contributed by atoms with E-state index in [0.29, 0.717) is 19.5 Å². The summed E-state index contributed by atoms with van der Waals surface area (Å²) in [6.07, 6.45) is 5.84. The minimum atomic E-state index is -0.444. The number of para-hydroxylation sites is 2. The molecule has 0 saturated heterocycles. The van der Waals surface area contributed by atoms with E-state index in [4.69, 9.17) is 0 Å². The van der Waals surface area contributed by atoms with E-state index in [1.807, 2.05) is 72.8 Å². The van der Waals surface area contributed by atoms with Gasteiger partial charge in [0.05, 0.1) is 11.4 Å².